The van der Waals surface area contributed by atoms with Crippen LogP contribution in [0.1, 0.15) is 6.42 Å². The number of hydrogen-bond donors (Lipinski definition) is 3. The Morgan fingerprint density at radius 2 is 2.06 bits per heavy atom. The monoisotopic (exact) mass is 456 g/mol. The number of nitrogens with one attached hydrogen (secondary N) is 3. The fourth-order valence-corrected chi connectivity index (χ4v) is 4.08. The van der Waals surface area contributed by atoms with Crippen molar-refractivity contribution in [2.24, 2.45) is 0 Å². The molecule has 5 heterocycles. The van der Waals surface area contributed by atoms with Crippen molar-refractivity contribution in [3.8, 4) is 28.3 Å². The minimum atomic E-state index is -0.527. The Bertz CT molecular complexity index is 1440. The molecule has 1 aliphatic rings. The quantitative estimate of drug-likeness (QED) is 0.357. The lowest BCUT2D eigenvalue weighted by Crippen LogP contribution is -2.19. The lowest BCUT2D eigenvalue weighted by atomic mass is 10.1. The van der Waals surface area contributed by atoms with Crippen LogP contribution in [-0.2, 0) is 0 Å². The molecule has 1 fully saturated rings. The van der Waals surface area contributed by atoms with E-state index in [-0.39, 0.29) is 17.7 Å². The largest absolute Gasteiger partial charge is 0.489 e. The molecule has 0 aliphatic carbocycles. The van der Waals surface area contributed by atoms with Gasteiger partial charge in [-0.3, -0.25) is 9.50 Å². The van der Waals surface area contributed by atoms with E-state index in [1.54, 1.807) is 16.8 Å². The van der Waals surface area contributed by atoms with Gasteiger partial charge in [-0.15, -0.1) is 0 Å². The molecule has 0 radical (unpaired) electrons. The van der Waals surface area contributed by atoms with Gasteiger partial charge in [-0.25, -0.2) is 19.3 Å². The first kappa shape index (κ1) is 20.3. The molecule has 1 atom stereocenters. The van der Waals surface area contributed by atoms with Gasteiger partial charge in [0.25, 0.3) is 0 Å². The minimum absolute atomic E-state index is 0.108. The third-order valence-electron chi connectivity index (χ3n) is 5.72. The maximum Gasteiger partial charge on any atom is 0.227 e. The van der Waals surface area contributed by atoms with Gasteiger partial charge in [0.15, 0.2) is 5.82 Å². The number of hydrogen-bond acceptors (Lipinski definition) is 7. The Hall–Kier alpha value is -4.31. The third-order valence-corrected chi connectivity index (χ3v) is 5.72. The number of aromatic nitrogens is 6. The van der Waals surface area contributed by atoms with Crippen LogP contribution in [0.3, 0.4) is 0 Å². The van der Waals surface area contributed by atoms with Crippen molar-refractivity contribution < 1.29 is 9.13 Å². The lowest BCUT2D eigenvalue weighted by Gasteiger charge is -2.15. The number of anilines is 2. The smallest absolute Gasteiger partial charge is 0.227 e. The number of fused-ring (bicyclic) bond motifs is 1. The van der Waals surface area contributed by atoms with Crippen LogP contribution < -0.4 is 15.4 Å². The summed E-state index contributed by atoms with van der Waals surface area (Å²) >= 11 is 0. The summed E-state index contributed by atoms with van der Waals surface area (Å²) in [4.78, 5) is 12.9. The van der Waals surface area contributed by atoms with Crippen molar-refractivity contribution in [1.29, 1.82) is 0 Å². The zero-order chi connectivity index (χ0) is 22.9. The molecule has 34 heavy (non-hydrogen) atoms. The van der Waals surface area contributed by atoms with E-state index in [0.717, 1.165) is 48.3 Å². The van der Waals surface area contributed by atoms with E-state index in [1.807, 2.05) is 48.8 Å². The highest BCUT2D eigenvalue weighted by Gasteiger charge is 2.18. The summed E-state index contributed by atoms with van der Waals surface area (Å²) in [6.07, 6.45) is 9.20. The lowest BCUT2D eigenvalue weighted by molar-refractivity contribution is 0.223. The molecule has 0 bridgehead atoms. The summed E-state index contributed by atoms with van der Waals surface area (Å²) in [6, 6.07) is 11.4. The molecule has 1 aliphatic heterocycles. The fourth-order valence-electron chi connectivity index (χ4n) is 4.08. The molecule has 10 heteroatoms. The maximum atomic E-state index is 14.7. The number of H-pyrrole nitrogens is 1. The van der Waals surface area contributed by atoms with Crippen molar-refractivity contribution in [1.82, 2.24) is 34.9 Å². The summed E-state index contributed by atoms with van der Waals surface area (Å²) in [5.74, 6) is 0.459. The zero-order valence-electron chi connectivity index (χ0n) is 18.1. The molecule has 3 N–H and O–H groups in total. The Kier molecular flexibility index (Phi) is 5.11. The number of aromatic amines is 1. The Balaban J connectivity index is 1.35. The number of halogens is 1. The number of ether oxygens (including phenoxy) is 1. The third kappa shape index (κ3) is 3.95. The van der Waals surface area contributed by atoms with E-state index >= 15 is 0 Å². The molecule has 9 nitrogen and oxygen atoms in total. The van der Waals surface area contributed by atoms with E-state index in [1.165, 1.54) is 0 Å². The van der Waals surface area contributed by atoms with Gasteiger partial charge in [0.2, 0.25) is 5.95 Å². The standard InChI is InChI=1S/C24H21FN8O/c25-20-13-28-24(32-23(20)21-14-27-22-3-1-2-6-33(21)22)31-17-7-15(16-10-29-30-11-16)8-19(9-17)34-18-4-5-26-12-18/h1-3,6-11,13-14,18,26H,4-5,12H2,(H,29,30)(H,28,31,32). The second-order valence-electron chi connectivity index (χ2n) is 8.05. The van der Waals surface area contributed by atoms with Crippen molar-refractivity contribution >= 4 is 17.3 Å². The second-order valence-corrected chi connectivity index (χ2v) is 8.05. The molecule has 1 saturated heterocycles. The number of rotatable bonds is 6. The highest BCUT2D eigenvalue weighted by Crippen LogP contribution is 2.31. The van der Waals surface area contributed by atoms with Crippen LogP contribution in [0, 0.1) is 5.82 Å². The normalized spacial score (nSPS) is 15.6. The number of pyridine rings is 1. The van der Waals surface area contributed by atoms with Gasteiger partial charge < -0.3 is 15.4 Å². The number of nitrogens with zero attached hydrogens (tertiary/aromatic N) is 5. The van der Waals surface area contributed by atoms with Gasteiger partial charge in [-0.05, 0) is 42.8 Å². The molecular formula is C24H21FN8O. The molecular weight excluding hydrogens is 435 g/mol. The molecule has 1 aromatic carbocycles. The van der Waals surface area contributed by atoms with E-state index in [0.29, 0.717) is 11.3 Å². The molecule has 0 amide bonds. The van der Waals surface area contributed by atoms with E-state index in [2.05, 4.69) is 35.8 Å². The van der Waals surface area contributed by atoms with E-state index in [4.69, 9.17) is 4.74 Å². The van der Waals surface area contributed by atoms with Crippen LogP contribution in [-0.4, -0.2) is 48.7 Å². The number of imidazole rings is 1. The van der Waals surface area contributed by atoms with Crippen molar-refractivity contribution in [3.05, 3.63) is 73.2 Å². The predicted molar refractivity (Wildman–Crippen MR) is 125 cm³/mol. The summed E-state index contributed by atoms with van der Waals surface area (Å²) in [7, 11) is 0. The maximum absolute atomic E-state index is 14.7. The van der Waals surface area contributed by atoms with Crippen LogP contribution in [0.2, 0.25) is 0 Å². The first-order chi connectivity index (χ1) is 16.7. The average molecular weight is 456 g/mol. The van der Waals surface area contributed by atoms with Crippen molar-refractivity contribution in [2.75, 3.05) is 18.4 Å². The van der Waals surface area contributed by atoms with Gasteiger partial charge >= 0.3 is 0 Å². The summed E-state index contributed by atoms with van der Waals surface area (Å²) in [5, 5.41) is 13.4. The molecule has 5 aromatic rings. The summed E-state index contributed by atoms with van der Waals surface area (Å²) in [5.41, 5.74) is 3.98. The molecule has 6 rings (SSSR count). The van der Waals surface area contributed by atoms with Gasteiger partial charge in [0.1, 0.15) is 23.2 Å². The Labute approximate surface area is 194 Å². The first-order valence-corrected chi connectivity index (χ1v) is 11.0. The highest BCUT2D eigenvalue weighted by molar-refractivity contribution is 5.72. The first-order valence-electron chi connectivity index (χ1n) is 11.0. The zero-order valence-corrected chi connectivity index (χ0v) is 18.1. The molecule has 0 spiro atoms. The number of benzene rings is 1. The highest BCUT2D eigenvalue weighted by atomic mass is 19.1. The topological polar surface area (TPSA) is 105 Å². The molecule has 170 valence electrons. The second kappa shape index (κ2) is 8.56. The van der Waals surface area contributed by atoms with E-state index in [9.17, 15) is 4.39 Å². The van der Waals surface area contributed by atoms with Crippen molar-refractivity contribution in [2.45, 2.75) is 12.5 Å². The molecule has 4 aromatic heterocycles. The molecule has 1 unspecified atom stereocenters. The van der Waals surface area contributed by atoms with Crippen LogP contribution >= 0.6 is 0 Å². The molecule has 0 saturated carbocycles. The van der Waals surface area contributed by atoms with Gasteiger partial charge in [0.05, 0.1) is 24.3 Å². The predicted octanol–water partition coefficient (Wildman–Crippen LogP) is 3.80. The van der Waals surface area contributed by atoms with Crippen LogP contribution in [0.25, 0.3) is 28.2 Å². The fraction of sp³-hybridized carbons (Fsp3) is 0.167. The van der Waals surface area contributed by atoms with E-state index < -0.39 is 5.82 Å². The van der Waals surface area contributed by atoms with Crippen LogP contribution in [0.4, 0.5) is 16.0 Å². The average Bonchev–Trinajstić information content (AvgIpc) is 3.62. The SMILES string of the molecule is Fc1cnc(Nc2cc(OC3CCNC3)cc(-c3cn[nH]c3)c2)nc1-c1cnc2ccccn12. The van der Waals surface area contributed by atoms with Gasteiger partial charge in [0, 0.05) is 36.3 Å². The van der Waals surface area contributed by atoms with Crippen molar-refractivity contribution in [3.63, 3.8) is 0 Å². The summed E-state index contributed by atoms with van der Waals surface area (Å²) < 4.78 is 22.7. The summed E-state index contributed by atoms with van der Waals surface area (Å²) in [6.45, 7) is 1.75. The van der Waals surface area contributed by atoms with Crippen LogP contribution in [0.5, 0.6) is 5.75 Å². The van der Waals surface area contributed by atoms with Gasteiger partial charge in [-0.2, -0.15) is 5.10 Å². The van der Waals surface area contributed by atoms with Crippen LogP contribution in [0.15, 0.2) is 67.4 Å². The minimum Gasteiger partial charge on any atom is -0.489 e. The van der Waals surface area contributed by atoms with Gasteiger partial charge in [-0.1, -0.05) is 6.07 Å². The Morgan fingerprint density at radius 3 is 2.91 bits per heavy atom. The Morgan fingerprint density at radius 1 is 1.09 bits per heavy atom.